The minimum absolute atomic E-state index is 0.0557. The smallest absolute Gasteiger partial charge is 0.231 e. The minimum atomic E-state index is 0.0557. The summed E-state index contributed by atoms with van der Waals surface area (Å²) in [6, 6.07) is 5.90. The van der Waals surface area contributed by atoms with Gasteiger partial charge in [-0.05, 0) is 36.4 Å². The van der Waals surface area contributed by atoms with Gasteiger partial charge in [0.25, 0.3) is 0 Å². The van der Waals surface area contributed by atoms with E-state index >= 15 is 0 Å². The molecule has 0 unspecified atom stereocenters. The second kappa shape index (κ2) is 4.24. The molecule has 0 radical (unpaired) electrons. The van der Waals surface area contributed by atoms with Crippen molar-refractivity contribution in [3.05, 3.63) is 24.4 Å². The zero-order valence-corrected chi connectivity index (χ0v) is 11.1. The lowest BCUT2D eigenvalue weighted by Crippen LogP contribution is -2.19. The average Bonchev–Trinajstić information content (AvgIpc) is 3.13. The third-order valence-electron chi connectivity index (χ3n) is 4.18. The van der Waals surface area contributed by atoms with E-state index in [0.29, 0.717) is 0 Å². The van der Waals surface area contributed by atoms with Crippen molar-refractivity contribution in [3.63, 3.8) is 0 Å². The number of aliphatic hydroxyl groups excluding tert-OH is 1. The van der Waals surface area contributed by atoms with Crippen LogP contribution in [0.2, 0.25) is 0 Å². The highest BCUT2D eigenvalue weighted by molar-refractivity contribution is 5.94. The fourth-order valence-corrected chi connectivity index (χ4v) is 2.54. The van der Waals surface area contributed by atoms with Gasteiger partial charge in [0.1, 0.15) is 5.82 Å². The number of ether oxygens (including phenoxy) is 2. The van der Waals surface area contributed by atoms with Crippen LogP contribution in [0.5, 0.6) is 11.5 Å². The Balaban J connectivity index is 1.68. The number of rotatable bonds is 4. The summed E-state index contributed by atoms with van der Waals surface area (Å²) in [4.78, 5) is 4.41. The van der Waals surface area contributed by atoms with E-state index in [1.807, 2.05) is 18.2 Å². The summed E-state index contributed by atoms with van der Waals surface area (Å²) in [6.45, 7) is 1.26. The first kappa shape index (κ1) is 11.8. The van der Waals surface area contributed by atoms with Gasteiger partial charge in [-0.25, -0.2) is 4.98 Å². The van der Waals surface area contributed by atoms with Crippen LogP contribution in [-0.2, 0) is 0 Å². The van der Waals surface area contributed by atoms with E-state index in [1.165, 1.54) is 0 Å². The molecule has 1 fully saturated rings. The van der Waals surface area contributed by atoms with Gasteiger partial charge in [-0.1, -0.05) is 0 Å². The summed E-state index contributed by atoms with van der Waals surface area (Å²) in [5, 5.41) is 14.8. The van der Waals surface area contributed by atoms with Crippen LogP contribution in [0.25, 0.3) is 10.8 Å². The van der Waals surface area contributed by atoms with Crippen molar-refractivity contribution in [3.8, 4) is 11.5 Å². The molecule has 4 rings (SSSR count). The van der Waals surface area contributed by atoms with Crippen molar-refractivity contribution in [1.29, 1.82) is 0 Å². The third kappa shape index (κ3) is 1.86. The van der Waals surface area contributed by atoms with E-state index in [0.717, 1.165) is 47.5 Å². The Morgan fingerprint density at radius 1 is 1.25 bits per heavy atom. The predicted molar refractivity (Wildman–Crippen MR) is 75.1 cm³/mol. The van der Waals surface area contributed by atoms with E-state index in [4.69, 9.17) is 9.47 Å². The molecule has 0 atom stereocenters. The normalized spacial score (nSPS) is 18.2. The second-order valence-corrected chi connectivity index (χ2v) is 5.60. The minimum Gasteiger partial charge on any atom is -0.454 e. The van der Waals surface area contributed by atoms with E-state index in [1.54, 1.807) is 6.20 Å². The maximum atomic E-state index is 9.38. The summed E-state index contributed by atoms with van der Waals surface area (Å²) in [7, 11) is 0. The van der Waals surface area contributed by atoms with Crippen molar-refractivity contribution in [1.82, 2.24) is 4.98 Å². The van der Waals surface area contributed by atoms with Crippen LogP contribution >= 0.6 is 0 Å². The monoisotopic (exact) mass is 272 g/mol. The molecular weight excluding hydrogens is 256 g/mol. The lowest BCUT2D eigenvalue weighted by molar-refractivity contribution is 0.174. The van der Waals surface area contributed by atoms with Crippen LogP contribution in [0.4, 0.5) is 5.82 Å². The van der Waals surface area contributed by atoms with Gasteiger partial charge in [0, 0.05) is 23.5 Å². The Hall–Kier alpha value is -2.01. The van der Waals surface area contributed by atoms with Gasteiger partial charge in [-0.15, -0.1) is 0 Å². The molecule has 2 aliphatic rings. The first-order valence-corrected chi connectivity index (χ1v) is 6.83. The number of aromatic nitrogens is 1. The Kier molecular flexibility index (Phi) is 2.50. The van der Waals surface area contributed by atoms with Crippen molar-refractivity contribution in [2.75, 3.05) is 25.3 Å². The van der Waals surface area contributed by atoms with Crippen LogP contribution in [-0.4, -0.2) is 30.0 Å². The largest absolute Gasteiger partial charge is 0.454 e. The molecule has 0 saturated heterocycles. The topological polar surface area (TPSA) is 63.6 Å². The second-order valence-electron chi connectivity index (χ2n) is 5.60. The number of anilines is 1. The highest BCUT2D eigenvalue weighted by Crippen LogP contribution is 2.45. The summed E-state index contributed by atoms with van der Waals surface area (Å²) < 4.78 is 10.8. The molecule has 5 nitrogen and oxygen atoms in total. The molecule has 2 heterocycles. The molecule has 104 valence electrons. The number of hydrogen-bond acceptors (Lipinski definition) is 5. The third-order valence-corrected chi connectivity index (χ3v) is 4.18. The lowest BCUT2D eigenvalue weighted by atomic mass is 10.1. The van der Waals surface area contributed by atoms with Crippen molar-refractivity contribution < 1.29 is 14.6 Å². The van der Waals surface area contributed by atoms with E-state index < -0.39 is 0 Å². The predicted octanol–water partition coefficient (Wildman–Crippen LogP) is 2.15. The molecule has 20 heavy (non-hydrogen) atoms. The quantitative estimate of drug-likeness (QED) is 0.893. The maximum Gasteiger partial charge on any atom is 0.231 e. The SMILES string of the molecule is OCC1(CNc2nccc3cc4c(cc23)OCO4)CC1. The van der Waals surface area contributed by atoms with Gasteiger partial charge in [0.2, 0.25) is 6.79 Å². The highest BCUT2D eigenvalue weighted by Gasteiger charge is 2.41. The molecule has 0 amide bonds. The fraction of sp³-hybridized carbons (Fsp3) is 0.400. The molecular formula is C15H16N2O3. The maximum absolute atomic E-state index is 9.38. The molecule has 1 aromatic heterocycles. The average molecular weight is 272 g/mol. The Morgan fingerprint density at radius 2 is 2.05 bits per heavy atom. The molecule has 1 aromatic carbocycles. The summed E-state index contributed by atoms with van der Waals surface area (Å²) in [6.07, 6.45) is 3.94. The molecule has 1 aliphatic carbocycles. The first-order valence-electron chi connectivity index (χ1n) is 6.83. The number of pyridine rings is 1. The number of hydrogen-bond donors (Lipinski definition) is 2. The molecule has 5 heteroatoms. The van der Waals surface area contributed by atoms with Crippen LogP contribution in [0, 0.1) is 5.41 Å². The molecule has 0 bridgehead atoms. The number of fused-ring (bicyclic) bond motifs is 2. The Bertz CT molecular complexity index is 667. The molecule has 1 saturated carbocycles. The fourth-order valence-electron chi connectivity index (χ4n) is 2.54. The first-order chi connectivity index (χ1) is 9.80. The van der Waals surface area contributed by atoms with E-state index in [9.17, 15) is 5.11 Å². The van der Waals surface area contributed by atoms with Crippen molar-refractivity contribution >= 4 is 16.6 Å². The zero-order chi connectivity index (χ0) is 13.6. The standard InChI is InChI=1S/C15H16N2O3/c18-8-15(2-3-15)7-17-14-11-6-13-12(19-9-20-13)5-10(11)1-4-16-14/h1,4-6,18H,2-3,7-9H2,(H,16,17). The van der Waals surface area contributed by atoms with Gasteiger partial charge >= 0.3 is 0 Å². The zero-order valence-electron chi connectivity index (χ0n) is 11.1. The molecule has 0 spiro atoms. The number of nitrogens with one attached hydrogen (secondary N) is 1. The Morgan fingerprint density at radius 3 is 2.80 bits per heavy atom. The van der Waals surface area contributed by atoms with Crippen LogP contribution in [0.1, 0.15) is 12.8 Å². The number of benzene rings is 1. The molecule has 1 aliphatic heterocycles. The van der Waals surface area contributed by atoms with Crippen LogP contribution in [0.15, 0.2) is 24.4 Å². The number of aliphatic hydroxyl groups is 1. The highest BCUT2D eigenvalue weighted by atomic mass is 16.7. The van der Waals surface area contributed by atoms with Gasteiger partial charge < -0.3 is 19.9 Å². The summed E-state index contributed by atoms with van der Waals surface area (Å²) >= 11 is 0. The molecule has 2 aromatic rings. The van der Waals surface area contributed by atoms with Crippen LogP contribution < -0.4 is 14.8 Å². The molecule has 2 N–H and O–H groups in total. The Labute approximate surface area is 116 Å². The van der Waals surface area contributed by atoms with E-state index in [-0.39, 0.29) is 18.8 Å². The number of nitrogens with zero attached hydrogens (tertiary/aromatic N) is 1. The van der Waals surface area contributed by atoms with Gasteiger partial charge in [-0.3, -0.25) is 0 Å². The van der Waals surface area contributed by atoms with E-state index in [2.05, 4.69) is 10.3 Å². The van der Waals surface area contributed by atoms with Gasteiger partial charge in [0.05, 0.1) is 6.61 Å². The van der Waals surface area contributed by atoms with Crippen LogP contribution in [0.3, 0.4) is 0 Å². The van der Waals surface area contributed by atoms with Gasteiger partial charge in [0.15, 0.2) is 11.5 Å². The van der Waals surface area contributed by atoms with Crippen molar-refractivity contribution in [2.24, 2.45) is 5.41 Å². The summed E-state index contributed by atoms with van der Waals surface area (Å²) in [5.74, 6) is 2.38. The van der Waals surface area contributed by atoms with Crippen molar-refractivity contribution in [2.45, 2.75) is 12.8 Å². The van der Waals surface area contributed by atoms with Gasteiger partial charge in [-0.2, -0.15) is 0 Å². The summed E-state index contributed by atoms with van der Waals surface area (Å²) in [5.41, 5.74) is 0.0557. The lowest BCUT2D eigenvalue weighted by Gasteiger charge is -2.14.